The van der Waals surface area contributed by atoms with Gasteiger partial charge in [0.1, 0.15) is 11.5 Å². The Hall–Kier alpha value is -2.56. The average molecular weight is 247 g/mol. The predicted molar refractivity (Wildman–Crippen MR) is 67.6 cm³/mol. The third kappa shape index (κ3) is 2.10. The molecule has 2 aromatic rings. The quantitative estimate of drug-likeness (QED) is 0.415. The predicted octanol–water partition coefficient (Wildman–Crippen LogP) is 2.56. The summed E-state index contributed by atoms with van der Waals surface area (Å²) in [5, 5.41) is 40.9. The van der Waals surface area contributed by atoms with Crippen LogP contribution in [0, 0.1) is 6.92 Å². The Kier molecular flexibility index (Phi) is 2.89. The van der Waals surface area contributed by atoms with Gasteiger partial charge in [-0.1, -0.05) is 12.1 Å². The van der Waals surface area contributed by atoms with Crippen LogP contribution in [0.4, 0.5) is 11.4 Å². The second-order valence-corrected chi connectivity index (χ2v) is 3.96. The molecule has 2 aromatic carbocycles. The summed E-state index contributed by atoms with van der Waals surface area (Å²) < 4.78 is 0. The third-order valence-corrected chi connectivity index (χ3v) is 2.58. The highest BCUT2D eigenvalue weighted by Crippen LogP contribution is 2.40. The van der Waals surface area contributed by atoms with Gasteiger partial charge in [-0.2, -0.15) is 0 Å². The molecule has 0 radical (unpaired) electrons. The fourth-order valence-corrected chi connectivity index (χ4v) is 1.60. The number of nitrogens with one attached hydrogen (secondary N) is 1. The van der Waals surface area contributed by atoms with E-state index in [4.69, 9.17) is 0 Å². The summed E-state index contributed by atoms with van der Waals surface area (Å²) >= 11 is 0. The standard InChI is InChI=1S/C13H13NO4/c1-7-3-2-4-9(12(7)17)14-10-5-8(15)6-11(16)13(10)18/h2-6,14-18H,1H3. The fourth-order valence-electron chi connectivity index (χ4n) is 1.60. The van der Waals surface area contributed by atoms with Crippen molar-refractivity contribution in [1.29, 1.82) is 0 Å². The second kappa shape index (κ2) is 4.37. The molecule has 0 heterocycles. The number of hydrogen-bond acceptors (Lipinski definition) is 5. The number of phenolic OH excluding ortho intramolecular Hbond substituents is 4. The first-order valence-corrected chi connectivity index (χ1v) is 5.29. The molecule has 5 nitrogen and oxygen atoms in total. The molecule has 0 saturated carbocycles. The zero-order valence-corrected chi connectivity index (χ0v) is 9.68. The lowest BCUT2D eigenvalue weighted by atomic mass is 10.2. The summed E-state index contributed by atoms with van der Waals surface area (Å²) in [6, 6.07) is 7.35. The zero-order chi connectivity index (χ0) is 13.3. The first-order chi connectivity index (χ1) is 8.49. The Balaban J connectivity index is 2.43. The van der Waals surface area contributed by atoms with E-state index in [1.54, 1.807) is 25.1 Å². The minimum absolute atomic E-state index is 0.0414. The molecule has 0 amide bonds. The molecule has 0 atom stereocenters. The number of aryl methyl sites for hydroxylation is 1. The van der Waals surface area contributed by atoms with Crippen molar-refractivity contribution in [2.45, 2.75) is 6.92 Å². The Morgan fingerprint density at radius 3 is 2.33 bits per heavy atom. The summed E-state index contributed by atoms with van der Waals surface area (Å²) in [5.41, 5.74) is 1.15. The molecule has 0 bridgehead atoms. The molecule has 0 aliphatic carbocycles. The van der Waals surface area contributed by atoms with Crippen LogP contribution in [0.1, 0.15) is 5.56 Å². The summed E-state index contributed by atoms with van der Waals surface area (Å²) in [6.07, 6.45) is 0. The maximum atomic E-state index is 9.82. The van der Waals surface area contributed by atoms with Gasteiger partial charge in [-0.15, -0.1) is 0 Å². The van der Waals surface area contributed by atoms with Crippen LogP contribution in [0.2, 0.25) is 0 Å². The van der Waals surface area contributed by atoms with Crippen molar-refractivity contribution in [2.24, 2.45) is 0 Å². The lowest BCUT2D eigenvalue weighted by Gasteiger charge is -2.12. The number of rotatable bonds is 2. The molecule has 94 valence electrons. The van der Waals surface area contributed by atoms with Crippen molar-refractivity contribution in [3.63, 3.8) is 0 Å². The number of aromatic hydroxyl groups is 4. The number of hydrogen-bond donors (Lipinski definition) is 5. The number of para-hydroxylation sites is 1. The molecule has 0 unspecified atom stereocenters. The normalized spacial score (nSPS) is 10.3. The molecular weight excluding hydrogens is 234 g/mol. The highest BCUT2D eigenvalue weighted by Gasteiger charge is 2.11. The van der Waals surface area contributed by atoms with E-state index in [9.17, 15) is 20.4 Å². The summed E-state index contributed by atoms with van der Waals surface area (Å²) in [4.78, 5) is 0. The van der Waals surface area contributed by atoms with Crippen molar-refractivity contribution in [3.8, 4) is 23.0 Å². The van der Waals surface area contributed by atoms with Crippen LogP contribution < -0.4 is 5.32 Å². The minimum atomic E-state index is -0.440. The average Bonchev–Trinajstić information content (AvgIpc) is 2.31. The van der Waals surface area contributed by atoms with Gasteiger partial charge in [0.15, 0.2) is 11.5 Å². The first-order valence-electron chi connectivity index (χ1n) is 5.29. The monoisotopic (exact) mass is 247 g/mol. The smallest absolute Gasteiger partial charge is 0.181 e. The van der Waals surface area contributed by atoms with Gasteiger partial charge in [0.25, 0.3) is 0 Å². The van der Waals surface area contributed by atoms with Gasteiger partial charge in [0, 0.05) is 12.1 Å². The van der Waals surface area contributed by atoms with Gasteiger partial charge in [0.2, 0.25) is 0 Å². The molecule has 0 spiro atoms. The van der Waals surface area contributed by atoms with E-state index in [1.165, 1.54) is 6.07 Å². The molecular formula is C13H13NO4. The van der Waals surface area contributed by atoms with E-state index in [0.29, 0.717) is 11.3 Å². The fraction of sp³-hybridized carbons (Fsp3) is 0.0769. The van der Waals surface area contributed by atoms with Crippen LogP contribution in [0.5, 0.6) is 23.0 Å². The van der Waals surface area contributed by atoms with Crippen LogP contribution in [0.15, 0.2) is 30.3 Å². The largest absolute Gasteiger partial charge is 0.508 e. The van der Waals surface area contributed by atoms with Gasteiger partial charge >= 0.3 is 0 Å². The highest BCUT2D eigenvalue weighted by molar-refractivity contribution is 5.74. The minimum Gasteiger partial charge on any atom is -0.508 e. The van der Waals surface area contributed by atoms with Gasteiger partial charge in [-0.3, -0.25) is 0 Å². The van der Waals surface area contributed by atoms with Crippen molar-refractivity contribution in [3.05, 3.63) is 35.9 Å². The maximum Gasteiger partial charge on any atom is 0.181 e. The second-order valence-electron chi connectivity index (χ2n) is 3.96. The van der Waals surface area contributed by atoms with Crippen LogP contribution in [0.25, 0.3) is 0 Å². The molecule has 0 aromatic heterocycles. The Morgan fingerprint density at radius 2 is 1.61 bits per heavy atom. The molecule has 2 rings (SSSR count). The summed E-state index contributed by atoms with van der Waals surface area (Å²) in [5.74, 6) is -0.988. The van der Waals surface area contributed by atoms with Crippen molar-refractivity contribution in [1.82, 2.24) is 0 Å². The topological polar surface area (TPSA) is 93.0 Å². The molecule has 0 aliphatic heterocycles. The van der Waals surface area contributed by atoms with Crippen LogP contribution in [-0.4, -0.2) is 20.4 Å². The number of benzene rings is 2. The van der Waals surface area contributed by atoms with Crippen molar-refractivity contribution in [2.75, 3.05) is 5.32 Å². The van der Waals surface area contributed by atoms with E-state index in [2.05, 4.69) is 5.32 Å². The van der Waals surface area contributed by atoms with Crippen LogP contribution in [-0.2, 0) is 0 Å². The lowest BCUT2D eigenvalue weighted by Crippen LogP contribution is -1.92. The Morgan fingerprint density at radius 1 is 0.889 bits per heavy atom. The molecule has 18 heavy (non-hydrogen) atoms. The van der Waals surface area contributed by atoms with Crippen molar-refractivity contribution < 1.29 is 20.4 Å². The molecule has 5 N–H and O–H groups in total. The SMILES string of the molecule is Cc1cccc(Nc2cc(O)cc(O)c2O)c1O. The van der Waals surface area contributed by atoms with Gasteiger partial charge < -0.3 is 25.7 Å². The maximum absolute atomic E-state index is 9.82. The number of anilines is 2. The number of phenols is 4. The zero-order valence-electron chi connectivity index (χ0n) is 9.68. The Bertz CT molecular complexity index is 596. The molecule has 5 heteroatoms. The Labute approximate surface area is 104 Å². The summed E-state index contributed by atoms with van der Waals surface area (Å²) in [7, 11) is 0. The van der Waals surface area contributed by atoms with Crippen molar-refractivity contribution >= 4 is 11.4 Å². The molecule has 0 aliphatic rings. The summed E-state index contributed by atoms with van der Waals surface area (Å²) in [6.45, 7) is 1.74. The van der Waals surface area contributed by atoms with E-state index in [-0.39, 0.29) is 17.2 Å². The van der Waals surface area contributed by atoms with E-state index >= 15 is 0 Å². The van der Waals surface area contributed by atoms with E-state index in [0.717, 1.165) is 6.07 Å². The first kappa shape index (κ1) is 11.9. The third-order valence-electron chi connectivity index (χ3n) is 2.58. The van der Waals surface area contributed by atoms with Crippen LogP contribution >= 0.6 is 0 Å². The van der Waals surface area contributed by atoms with E-state index in [1.807, 2.05) is 0 Å². The highest BCUT2D eigenvalue weighted by atomic mass is 16.3. The van der Waals surface area contributed by atoms with E-state index < -0.39 is 11.5 Å². The van der Waals surface area contributed by atoms with Crippen LogP contribution in [0.3, 0.4) is 0 Å². The molecule has 0 fully saturated rings. The van der Waals surface area contributed by atoms with Gasteiger partial charge in [0.05, 0.1) is 11.4 Å². The molecule has 0 saturated heterocycles. The lowest BCUT2D eigenvalue weighted by molar-refractivity contribution is 0.398. The van der Waals surface area contributed by atoms with Gasteiger partial charge in [-0.05, 0) is 18.6 Å². The van der Waals surface area contributed by atoms with Gasteiger partial charge in [-0.25, -0.2) is 0 Å².